The number of benzene rings is 1. The largest absolute Gasteiger partial charge is 0.382 e. The highest BCUT2D eigenvalue weighted by Crippen LogP contribution is 2.23. The number of rotatable bonds is 6. The average molecular weight is 279 g/mol. The van der Waals surface area contributed by atoms with Gasteiger partial charge in [-0.1, -0.05) is 39.3 Å². The molecule has 0 radical (unpaired) electrons. The summed E-state index contributed by atoms with van der Waals surface area (Å²) in [5.74, 6) is 1.30. The van der Waals surface area contributed by atoms with Crippen molar-refractivity contribution in [2.75, 3.05) is 5.32 Å². The second kappa shape index (κ2) is 7.40. The fourth-order valence-corrected chi connectivity index (χ4v) is 2.45. The molecule has 0 aromatic heterocycles. The quantitative estimate of drug-likeness (QED) is 0.787. The normalized spacial score (nSPS) is 11.1. The Bertz CT molecular complexity index is 437. The first-order valence-electron chi connectivity index (χ1n) is 6.88. The molecule has 1 aromatic carbocycles. The van der Waals surface area contributed by atoms with E-state index in [1.165, 1.54) is 0 Å². The molecule has 0 heterocycles. The van der Waals surface area contributed by atoms with Crippen LogP contribution in [0.4, 0.5) is 5.69 Å². The molecule has 0 spiro atoms. The summed E-state index contributed by atoms with van der Waals surface area (Å²) >= 11 is 5.95. The highest BCUT2D eigenvalue weighted by molar-refractivity contribution is 6.31. The number of nitrogens with zero attached hydrogens (tertiary/aromatic N) is 1. The first-order valence-corrected chi connectivity index (χ1v) is 7.26. The molecule has 19 heavy (non-hydrogen) atoms. The highest BCUT2D eigenvalue weighted by Gasteiger charge is 2.13. The van der Waals surface area contributed by atoms with Crippen LogP contribution in [0, 0.1) is 23.2 Å². The second-order valence-corrected chi connectivity index (χ2v) is 6.31. The smallest absolute Gasteiger partial charge is 0.101 e. The lowest BCUT2D eigenvalue weighted by Crippen LogP contribution is -2.23. The summed E-state index contributed by atoms with van der Waals surface area (Å²) in [4.78, 5) is 0. The van der Waals surface area contributed by atoms with Crippen molar-refractivity contribution < 1.29 is 0 Å². The van der Waals surface area contributed by atoms with Gasteiger partial charge >= 0.3 is 0 Å². The Hall–Kier alpha value is -1.20. The molecule has 0 bridgehead atoms. The summed E-state index contributed by atoms with van der Waals surface area (Å²) in [5, 5.41) is 13.1. The summed E-state index contributed by atoms with van der Waals surface area (Å²) in [7, 11) is 0. The SMILES string of the molecule is CC(C)CC(CC(C)C)Nc1ccc(Cl)c(C#N)c1. The van der Waals surface area contributed by atoms with Crippen molar-refractivity contribution in [1.82, 2.24) is 0 Å². The van der Waals surface area contributed by atoms with Gasteiger partial charge in [0.05, 0.1) is 10.6 Å². The molecule has 0 fully saturated rings. The third-order valence-corrected chi connectivity index (χ3v) is 3.30. The van der Waals surface area contributed by atoms with Crippen LogP contribution in [0.5, 0.6) is 0 Å². The maximum atomic E-state index is 9.01. The van der Waals surface area contributed by atoms with Gasteiger partial charge in [0.2, 0.25) is 0 Å². The van der Waals surface area contributed by atoms with Crippen molar-refractivity contribution in [1.29, 1.82) is 5.26 Å². The van der Waals surface area contributed by atoms with Crippen molar-refractivity contribution >= 4 is 17.3 Å². The van der Waals surface area contributed by atoms with Crippen LogP contribution in [0.2, 0.25) is 5.02 Å². The van der Waals surface area contributed by atoms with E-state index in [0.717, 1.165) is 18.5 Å². The van der Waals surface area contributed by atoms with Gasteiger partial charge in [-0.2, -0.15) is 5.26 Å². The highest BCUT2D eigenvalue weighted by atomic mass is 35.5. The molecule has 0 atom stereocenters. The summed E-state index contributed by atoms with van der Waals surface area (Å²) in [6.07, 6.45) is 2.26. The summed E-state index contributed by atoms with van der Waals surface area (Å²) < 4.78 is 0. The van der Waals surface area contributed by atoms with Crippen LogP contribution in [-0.2, 0) is 0 Å². The topological polar surface area (TPSA) is 35.8 Å². The lowest BCUT2D eigenvalue weighted by Gasteiger charge is -2.23. The molecular formula is C16H23ClN2. The molecule has 3 heteroatoms. The Morgan fingerprint density at radius 2 is 1.74 bits per heavy atom. The molecule has 0 aliphatic heterocycles. The van der Waals surface area contributed by atoms with E-state index in [1.54, 1.807) is 6.07 Å². The van der Waals surface area contributed by atoms with Crippen LogP contribution in [0.1, 0.15) is 46.1 Å². The van der Waals surface area contributed by atoms with E-state index in [-0.39, 0.29) is 0 Å². The van der Waals surface area contributed by atoms with Crippen LogP contribution in [0.3, 0.4) is 0 Å². The molecular weight excluding hydrogens is 256 g/mol. The van der Waals surface area contributed by atoms with Gasteiger partial charge in [0.1, 0.15) is 6.07 Å². The van der Waals surface area contributed by atoms with E-state index in [1.807, 2.05) is 12.1 Å². The van der Waals surface area contributed by atoms with Crippen LogP contribution in [-0.4, -0.2) is 6.04 Å². The van der Waals surface area contributed by atoms with Gasteiger partial charge in [-0.15, -0.1) is 0 Å². The number of nitriles is 1. The zero-order chi connectivity index (χ0) is 14.4. The fraction of sp³-hybridized carbons (Fsp3) is 0.562. The minimum absolute atomic E-state index is 0.438. The van der Waals surface area contributed by atoms with Gasteiger partial charge in [0.25, 0.3) is 0 Å². The summed E-state index contributed by atoms with van der Waals surface area (Å²) in [6.45, 7) is 8.93. The number of halogens is 1. The van der Waals surface area contributed by atoms with E-state index in [0.29, 0.717) is 28.5 Å². The number of anilines is 1. The molecule has 1 rings (SSSR count). The predicted octanol–water partition coefficient (Wildman–Crippen LogP) is 5.08. The zero-order valence-corrected chi connectivity index (χ0v) is 13.0. The van der Waals surface area contributed by atoms with Crippen molar-refractivity contribution in [3.8, 4) is 6.07 Å². The van der Waals surface area contributed by atoms with Crippen molar-refractivity contribution in [3.63, 3.8) is 0 Å². The summed E-state index contributed by atoms with van der Waals surface area (Å²) in [6, 6.07) is 8.11. The van der Waals surface area contributed by atoms with Crippen molar-refractivity contribution in [2.24, 2.45) is 11.8 Å². The second-order valence-electron chi connectivity index (χ2n) is 5.91. The van der Waals surface area contributed by atoms with Gasteiger partial charge in [-0.3, -0.25) is 0 Å². The molecule has 1 N–H and O–H groups in total. The monoisotopic (exact) mass is 278 g/mol. The molecule has 0 aliphatic rings. The Kier molecular flexibility index (Phi) is 6.18. The zero-order valence-electron chi connectivity index (χ0n) is 12.2. The molecule has 0 unspecified atom stereocenters. The number of nitrogens with one attached hydrogen (secondary N) is 1. The first kappa shape index (κ1) is 15.9. The molecule has 0 saturated carbocycles. The maximum absolute atomic E-state index is 9.01. The molecule has 0 saturated heterocycles. The summed E-state index contributed by atoms with van der Waals surface area (Å²) in [5.41, 5.74) is 1.51. The number of hydrogen-bond donors (Lipinski definition) is 1. The van der Waals surface area contributed by atoms with Crippen LogP contribution in [0.25, 0.3) is 0 Å². The Balaban J connectivity index is 2.81. The van der Waals surface area contributed by atoms with E-state index >= 15 is 0 Å². The van der Waals surface area contributed by atoms with E-state index in [9.17, 15) is 0 Å². The van der Waals surface area contributed by atoms with Gasteiger partial charge in [-0.25, -0.2) is 0 Å². The van der Waals surface area contributed by atoms with E-state index in [4.69, 9.17) is 16.9 Å². The number of hydrogen-bond acceptors (Lipinski definition) is 2. The third-order valence-electron chi connectivity index (χ3n) is 2.97. The molecule has 1 aromatic rings. The first-order chi connectivity index (χ1) is 8.92. The Labute approximate surface area is 121 Å². The van der Waals surface area contributed by atoms with E-state index < -0.39 is 0 Å². The van der Waals surface area contributed by atoms with Gasteiger partial charge in [-0.05, 0) is 42.9 Å². The lowest BCUT2D eigenvalue weighted by atomic mass is 9.95. The van der Waals surface area contributed by atoms with Gasteiger partial charge < -0.3 is 5.32 Å². The van der Waals surface area contributed by atoms with Crippen LogP contribution < -0.4 is 5.32 Å². The van der Waals surface area contributed by atoms with Gasteiger partial charge in [0.15, 0.2) is 0 Å². The lowest BCUT2D eigenvalue weighted by molar-refractivity contribution is 0.442. The predicted molar refractivity (Wildman–Crippen MR) is 82.5 cm³/mol. The van der Waals surface area contributed by atoms with Crippen molar-refractivity contribution in [2.45, 2.75) is 46.6 Å². The fourth-order valence-electron chi connectivity index (χ4n) is 2.29. The molecule has 104 valence electrons. The van der Waals surface area contributed by atoms with Crippen molar-refractivity contribution in [3.05, 3.63) is 28.8 Å². The van der Waals surface area contributed by atoms with E-state index in [2.05, 4.69) is 39.1 Å². The minimum Gasteiger partial charge on any atom is -0.382 e. The third kappa shape index (κ3) is 5.53. The Morgan fingerprint density at radius 3 is 2.21 bits per heavy atom. The molecule has 2 nitrogen and oxygen atoms in total. The Morgan fingerprint density at radius 1 is 1.16 bits per heavy atom. The van der Waals surface area contributed by atoms with Gasteiger partial charge in [0, 0.05) is 11.7 Å². The van der Waals surface area contributed by atoms with Crippen LogP contribution >= 0.6 is 11.6 Å². The molecule has 0 amide bonds. The average Bonchev–Trinajstić information content (AvgIpc) is 2.29. The standard InChI is InChI=1S/C16H23ClN2/c1-11(2)7-15(8-12(3)4)19-14-5-6-16(17)13(9-14)10-18/h5-6,9,11-12,15,19H,7-8H2,1-4H3. The minimum atomic E-state index is 0.438. The molecule has 0 aliphatic carbocycles. The maximum Gasteiger partial charge on any atom is 0.101 e. The van der Waals surface area contributed by atoms with Crippen LogP contribution in [0.15, 0.2) is 18.2 Å².